The number of ether oxygens (including phenoxy) is 1. The maximum Gasteiger partial charge on any atom is 0.225 e. The summed E-state index contributed by atoms with van der Waals surface area (Å²) in [6.07, 6.45) is 4.61. The van der Waals surface area contributed by atoms with Gasteiger partial charge < -0.3 is 15.4 Å². The third kappa shape index (κ3) is 8.72. The first-order chi connectivity index (χ1) is 8.19. The fourth-order valence-electron chi connectivity index (χ4n) is 1.65. The first-order valence-electron chi connectivity index (χ1n) is 6.70. The van der Waals surface area contributed by atoms with Crippen molar-refractivity contribution in [1.29, 1.82) is 0 Å². The van der Waals surface area contributed by atoms with Crippen LogP contribution in [0.1, 0.15) is 46.0 Å². The molecule has 0 fully saturated rings. The first kappa shape index (κ1) is 20.0. The predicted molar refractivity (Wildman–Crippen MR) is 78.1 cm³/mol. The topological polar surface area (TPSA) is 55.6 Å². The number of halogens is 1. The summed E-state index contributed by atoms with van der Waals surface area (Å²) in [5.74, 6) is 0.171. The van der Waals surface area contributed by atoms with Crippen LogP contribution in [-0.2, 0) is 9.53 Å². The van der Waals surface area contributed by atoms with Crippen molar-refractivity contribution in [3.63, 3.8) is 0 Å². The summed E-state index contributed by atoms with van der Waals surface area (Å²) in [5.41, 5.74) is 5.54. The summed E-state index contributed by atoms with van der Waals surface area (Å²) in [4.78, 5) is 14.0. The molecule has 0 saturated heterocycles. The largest absolute Gasteiger partial charge is 0.380 e. The van der Waals surface area contributed by atoms with Crippen LogP contribution in [0, 0.1) is 0 Å². The van der Waals surface area contributed by atoms with Crippen molar-refractivity contribution in [2.45, 2.75) is 52.1 Å². The van der Waals surface area contributed by atoms with E-state index in [-0.39, 0.29) is 24.4 Å². The molecule has 0 bridgehead atoms. The molecular weight excluding hydrogens is 252 g/mol. The molecule has 0 aromatic heterocycles. The number of hydrogen-bond acceptors (Lipinski definition) is 3. The van der Waals surface area contributed by atoms with E-state index in [1.165, 1.54) is 0 Å². The Hall–Kier alpha value is -0.320. The van der Waals surface area contributed by atoms with E-state index in [1.807, 2.05) is 4.90 Å². The molecule has 18 heavy (non-hydrogen) atoms. The van der Waals surface area contributed by atoms with Gasteiger partial charge in [-0.15, -0.1) is 12.4 Å². The number of methoxy groups -OCH3 is 1. The zero-order valence-electron chi connectivity index (χ0n) is 12.0. The predicted octanol–water partition coefficient (Wildman–Crippen LogP) is 2.20. The number of carbonyl (C=O) groups is 1. The van der Waals surface area contributed by atoms with Crippen molar-refractivity contribution in [1.82, 2.24) is 4.90 Å². The number of amides is 1. The lowest BCUT2D eigenvalue weighted by Gasteiger charge is -2.24. The lowest BCUT2D eigenvalue weighted by molar-refractivity contribution is -0.133. The molecule has 0 aliphatic heterocycles. The van der Waals surface area contributed by atoms with E-state index in [2.05, 4.69) is 13.8 Å². The SMILES string of the molecule is CCCCN(CCCC)C(=O)CC(CN)OC.Cl. The molecule has 0 aromatic carbocycles. The van der Waals surface area contributed by atoms with Crippen LogP contribution in [0.5, 0.6) is 0 Å². The third-order valence-corrected chi connectivity index (χ3v) is 2.91. The summed E-state index contributed by atoms with van der Waals surface area (Å²) in [6.45, 7) is 6.39. The second-order valence-corrected chi connectivity index (χ2v) is 4.39. The second kappa shape index (κ2) is 13.1. The Morgan fingerprint density at radius 3 is 2.06 bits per heavy atom. The van der Waals surface area contributed by atoms with Gasteiger partial charge in [-0.1, -0.05) is 26.7 Å². The van der Waals surface area contributed by atoms with E-state index in [1.54, 1.807) is 7.11 Å². The molecule has 1 unspecified atom stereocenters. The quantitative estimate of drug-likeness (QED) is 0.667. The van der Waals surface area contributed by atoms with E-state index in [0.717, 1.165) is 38.8 Å². The van der Waals surface area contributed by atoms with Crippen molar-refractivity contribution in [2.75, 3.05) is 26.7 Å². The number of nitrogens with two attached hydrogens (primary N) is 1. The lowest BCUT2D eigenvalue weighted by atomic mass is 10.2. The van der Waals surface area contributed by atoms with Crippen molar-refractivity contribution >= 4 is 18.3 Å². The Labute approximate surface area is 118 Å². The third-order valence-electron chi connectivity index (χ3n) is 2.91. The molecule has 0 heterocycles. The zero-order chi connectivity index (χ0) is 13.1. The number of rotatable bonds is 10. The average Bonchev–Trinajstić information content (AvgIpc) is 2.35. The fraction of sp³-hybridized carbons (Fsp3) is 0.923. The van der Waals surface area contributed by atoms with Gasteiger partial charge in [0.05, 0.1) is 12.5 Å². The van der Waals surface area contributed by atoms with Gasteiger partial charge in [0.2, 0.25) is 5.91 Å². The Balaban J connectivity index is 0. The minimum Gasteiger partial charge on any atom is -0.380 e. The van der Waals surface area contributed by atoms with Gasteiger partial charge in [0.15, 0.2) is 0 Å². The van der Waals surface area contributed by atoms with Gasteiger partial charge in [-0.3, -0.25) is 4.79 Å². The number of nitrogens with zero attached hydrogens (tertiary/aromatic N) is 1. The van der Waals surface area contributed by atoms with Crippen LogP contribution < -0.4 is 5.73 Å². The second-order valence-electron chi connectivity index (χ2n) is 4.39. The zero-order valence-corrected chi connectivity index (χ0v) is 12.8. The molecule has 1 amide bonds. The summed E-state index contributed by atoms with van der Waals surface area (Å²) in [7, 11) is 1.60. The normalized spacial score (nSPS) is 11.8. The highest BCUT2D eigenvalue weighted by atomic mass is 35.5. The highest BCUT2D eigenvalue weighted by Crippen LogP contribution is 2.05. The number of unbranched alkanes of at least 4 members (excludes halogenated alkanes) is 2. The summed E-state index contributed by atoms with van der Waals surface area (Å²) in [6, 6.07) is 0. The van der Waals surface area contributed by atoms with Gasteiger partial charge in [0.1, 0.15) is 0 Å². The summed E-state index contributed by atoms with van der Waals surface area (Å²) >= 11 is 0. The van der Waals surface area contributed by atoms with Crippen LogP contribution in [0.3, 0.4) is 0 Å². The van der Waals surface area contributed by atoms with Crippen LogP contribution in [0.25, 0.3) is 0 Å². The monoisotopic (exact) mass is 280 g/mol. The van der Waals surface area contributed by atoms with E-state index in [4.69, 9.17) is 10.5 Å². The van der Waals surface area contributed by atoms with Crippen LogP contribution >= 0.6 is 12.4 Å². The molecule has 0 rings (SSSR count). The van der Waals surface area contributed by atoms with Gasteiger partial charge in [-0.05, 0) is 12.8 Å². The Morgan fingerprint density at radius 1 is 1.22 bits per heavy atom. The molecule has 1 atom stereocenters. The standard InChI is InChI=1S/C13H28N2O2.ClH/c1-4-6-8-15(9-7-5-2)13(16)10-12(11-14)17-3;/h12H,4-11,14H2,1-3H3;1H. The van der Waals surface area contributed by atoms with E-state index < -0.39 is 0 Å². The van der Waals surface area contributed by atoms with E-state index >= 15 is 0 Å². The van der Waals surface area contributed by atoms with Gasteiger partial charge >= 0.3 is 0 Å². The highest BCUT2D eigenvalue weighted by molar-refractivity contribution is 5.85. The van der Waals surface area contributed by atoms with Crippen LogP contribution in [0.2, 0.25) is 0 Å². The van der Waals surface area contributed by atoms with Crippen molar-refractivity contribution in [2.24, 2.45) is 5.73 Å². The van der Waals surface area contributed by atoms with Crippen LogP contribution in [0.4, 0.5) is 0 Å². The lowest BCUT2D eigenvalue weighted by Crippen LogP contribution is -2.37. The molecule has 110 valence electrons. The molecule has 0 radical (unpaired) electrons. The molecule has 5 heteroatoms. The molecule has 0 aliphatic rings. The Kier molecular flexibility index (Phi) is 14.6. The van der Waals surface area contributed by atoms with Crippen molar-refractivity contribution in [3.8, 4) is 0 Å². The highest BCUT2D eigenvalue weighted by Gasteiger charge is 2.17. The summed E-state index contributed by atoms with van der Waals surface area (Å²) < 4.78 is 5.16. The Bertz CT molecular complexity index is 191. The average molecular weight is 281 g/mol. The minimum atomic E-state index is -0.145. The maximum atomic E-state index is 12.1. The number of carbonyl (C=O) groups excluding carboxylic acids is 1. The molecule has 0 aliphatic carbocycles. The molecule has 2 N–H and O–H groups in total. The van der Waals surface area contributed by atoms with Gasteiger partial charge in [-0.25, -0.2) is 0 Å². The van der Waals surface area contributed by atoms with Crippen LogP contribution in [0.15, 0.2) is 0 Å². The fourth-order valence-corrected chi connectivity index (χ4v) is 1.65. The van der Waals surface area contributed by atoms with Gasteiger partial charge in [0.25, 0.3) is 0 Å². The summed E-state index contributed by atoms with van der Waals surface area (Å²) in [5, 5.41) is 0. The van der Waals surface area contributed by atoms with Gasteiger partial charge in [-0.2, -0.15) is 0 Å². The number of hydrogen-bond donors (Lipinski definition) is 1. The van der Waals surface area contributed by atoms with Crippen LogP contribution in [-0.4, -0.2) is 43.7 Å². The molecule has 0 aromatic rings. The molecule has 0 spiro atoms. The minimum absolute atomic E-state index is 0. The van der Waals surface area contributed by atoms with Crippen molar-refractivity contribution < 1.29 is 9.53 Å². The molecule has 0 saturated carbocycles. The van der Waals surface area contributed by atoms with Gasteiger partial charge in [0, 0.05) is 26.7 Å². The maximum absolute atomic E-state index is 12.1. The molecule has 4 nitrogen and oxygen atoms in total. The van der Waals surface area contributed by atoms with E-state index in [0.29, 0.717) is 13.0 Å². The van der Waals surface area contributed by atoms with Crippen molar-refractivity contribution in [3.05, 3.63) is 0 Å². The first-order valence-corrected chi connectivity index (χ1v) is 6.70. The van der Waals surface area contributed by atoms with E-state index in [9.17, 15) is 4.79 Å². The molecular formula is C13H29ClN2O2. The smallest absolute Gasteiger partial charge is 0.225 e. The Morgan fingerprint density at radius 2 is 1.72 bits per heavy atom.